The van der Waals surface area contributed by atoms with Gasteiger partial charge in [-0.3, -0.25) is 4.90 Å². The highest BCUT2D eigenvalue weighted by atomic mass is 16.5. The third-order valence-corrected chi connectivity index (χ3v) is 3.35. The molecule has 4 nitrogen and oxygen atoms in total. The highest BCUT2D eigenvalue weighted by molar-refractivity contribution is 5.38. The number of hydrogen-bond acceptors (Lipinski definition) is 4. The molecule has 1 atom stereocenters. The number of rotatable bonds is 4. The Morgan fingerprint density at radius 1 is 1.35 bits per heavy atom. The Labute approximate surface area is 120 Å². The molecule has 0 aromatic heterocycles. The van der Waals surface area contributed by atoms with Crippen molar-refractivity contribution in [1.29, 1.82) is 0 Å². The number of nitrogens with two attached hydrogens (primary N) is 1. The number of hydrogen-bond donors (Lipinski definition) is 2. The lowest BCUT2D eigenvalue weighted by Crippen LogP contribution is -2.40. The van der Waals surface area contributed by atoms with Crippen LogP contribution in [-0.2, 0) is 0 Å². The van der Waals surface area contributed by atoms with E-state index in [4.69, 9.17) is 10.5 Å². The van der Waals surface area contributed by atoms with E-state index in [1.54, 1.807) is 0 Å². The van der Waals surface area contributed by atoms with Crippen LogP contribution < -0.4 is 10.5 Å². The van der Waals surface area contributed by atoms with Crippen LogP contribution in [0.4, 0.5) is 0 Å². The molecule has 0 radical (unpaired) electrons. The van der Waals surface area contributed by atoms with Crippen molar-refractivity contribution in [3.8, 4) is 17.6 Å². The summed E-state index contributed by atoms with van der Waals surface area (Å²) in [6.07, 6.45) is 1.81. The first-order chi connectivity index (χ1) is 9.78. The van der Waals surface area contributed by atoms with E-state index in [0.717, 1.165) is 43.8 Å². The van der Waals surface area contributed by atoms with E-state index in [9.17, 15) is 5.11 Å². The van der Waals surface area contributed by atoms with Gasteiger partial charge in [0.1, 0.15) is 12.4 Å². The van der Waals surface area contributed by atoms with Gasteiger partial charge in [-0.1, -0.05) is 11.8 Å². The van der Waals surface area contributed by atoms with Crippen molar-refractivity contribution in [1.82, 2.24) is 4.90 Å². The number of likely N-dealkylation sites (tertiary alicyclic amines) is 1. The first-order valence-corrected chi connectivity index (χ1v) is 7.10. The summed E-state index contributed by atoms with van der Waals surface area (Å²) in [7, 11) is 0. The molecular weight excluding hydrogens is 252 g/mol. The molecule has 0 amide bonds. The third-order valence-electron chi connectivity index (χ3n) is 3.35. The van der Waals surface area contributed by atoms with Gasteiger partial charge in [-0.25, -0.2) is 0 Å². The van der Waals surface area contributed by atoms with Gasteiger partial charge in [0.15, 0.2) is 0 Å². The molecule has 1 heterocycles. The molecule has 0 spiro atoms. The molecule has 0 saturated carbocycles. The minimum Gasteiger partial charge on any atom is -0.492 e. The predicted octanol–water partition coefficient (Wildman–Crippen LogP) is 0.832. The third kappa shape index (κ3) is 4.86. The lowest BCUT2D eigenvalue weighted by atomic mass is 10.1. The van der Waals surface area contributed by atoms with Crippen LogP contribution in [0, 0.1) is 11.8 Å². The summed E-state index contributed by atoms with van der Waals surface area (Å²) in [5.74, 6) is 6.65. The van der Waals surface area contributed by atoms with Gasteiger partial charge in [-0.05, 0) is 43.7 Å². The standard InChI is InChI=1S/C16H22N2O2/c17-9-1-3-14-5-7-16(8-6-14)20-12-11-18-10-2-4-15(19)13-18/h5-8,15,19H,2,4,9-13,17H2. The average Bonchev–Trinajstić information content (AvgIpc) is 2.46. The van der Waals surface area contributed by atoms with Crippen LogP contribution in [0.2, 0.25) is 0 Å². The summed E-state index contributed by atoms with van der Waals surface area (Å²) >= 11 is 0. The van der Waals surface area contributed by atoms with Crippen molar-refractivity contribution in [3.63, 3.8) is 0 Å². The van der Waals surface area contributed by atoms with E-state index in [-0.39, 0.29) is 6.10 Å². The van der Waals surface area contributed by atoms with E-state index in [1.807, 2.05) is 24.3 Å². The predicted molar refractivity (Wildman–Crippen MR) is 79.6 cm³/mol. The largest absolute Gasteiger partial charge is 0.492 e. The molecule has 2 rings (SSSR count). The zero-order valence-corrected chi connectivity index (χ0v) is 11.7. The van der Waals surface area contributed by atoms with Crippen LogP contribution in [0.3, 0.4) is 0 Å². The highest BCUT2D eigenvalue weighted by Gasteiger charge is 2.16. The second-order valence-electron chi connectivity index (χ2n) is 4.98. The van der Waals surface area contributed by atoms with Crippen molar-refractivity contribution < 1.29 is 9.84 Å². The van der Waals surface area contributed by atoms with E-state index in [1.165, 1.54) is 0 Å². The molecule has 1 saturated heterocycles. The van der Waals surface area contributed by atoms with Gasteiger partial charge in [0.05, 0.1) is 12.6 Å². The normalized spacial score (nSPS) is 19.2. The molecule has 0 bridgehead atoms. The number of benzene rings is 1. The second kappa shape index (κ2) is 7.91. The van der Waals surface area contributed by atoms with Gasteiger partial charge in [-0.2, -0.15) is 0 Å². The van der Waals surface area contributed by atoms with E-state index in [0.29, 0.717) is 13.2 Å². The fourth-order valence-corrected chi connectivity index (χ4v) is 2.31. The topological polar surface area (TPSA) is 58.7 Å². The van der Waals surface area contributed by atoms with Crippen LogP contribution in [0.1, 0.15) is 18.4 Å². The molecule has 1 aliphatic heterocycles. The van der Waals surface area contributed by atoms with E-state index in [2.05, 4.69) is 16.7 Å². The second-order valence-corrected chi connectivity index (χ2v) is 4.98. The summed E-state index contributed by atoms with van der Waals surface area (Å²) < 4.78 is 5.71. The van der Waals surface area contributed by atoms with E-state index < -0.39 is 0 Å². The molecular formula is C16H22N2O2. The number of aliphatic hydroxyl groups is 1. The van der Waals surface area contributed by atoms with Crippen LogP contribution in [-0.4, -0.2) is 48.9 Å². The zero-order chi connectivity index (χ0) is 14.2. The molecule has 1 aromatic carbocycles. The highest BCUT2D eigenvalue weighted by Crippen LogP contribution is 2.13. The van der Waals surface area contributed by atoms with Crippen molar-refractivity contribution in [2.45, 2.75) is 18.9 Å². The van der Waals surface area contributed by atoms with Gasteiger partial charge in [0, 0.05) is 18.7 Å². The average molecular weight is 274 g/mol. The number of ether oxygens (including phenoxy) is 1. The Balaban J connectivity index is 1.73. The van der Waals surface area contributed by atoms with Crippen LogP contribution in [0.15, 0.2) is 24.3 Å². The lowest BCUT2D eigenvalue weighted by Gasteiger charge is -2.29. The minimum absolute atomic E-state index is 0.177. The van der Waals surface area contributed by atoms with Crippen molar-refractivity contribution in [2.75, 3.05) is 32.8 Å². The summed E-state index contributed by atoms with van der Waals surface area (Å²) in [4.78, 5) is 2.25. The first-order valence-electron chi connectivity index (χ1n) is 7.10. The van der Waals surface area contributed by atoms with Crippen molar-refractivity contribution in [3.05, 3.63) is 29.8 Å². The number of aliphatic hydroxyl groups excluding tert-OH is 1. The summed E-state index contributed by atoms with van der Waals surface area (Å²) in [6.45, 7) is 3.68. The fraction of sp³-hybridized carbons (Fsp3) is 0.500. The van der Waals surface area contributed by atoms with Crippen LogP contribution in [0.25, 0.3) is 0 Å². The molecule has 1 unspecified atom stereocenters. The maximum atomic E-state index is 9.59. The Hall–Kier alpha value is -1.54. The number of piperidine rings is 1. The molecule has 20 heavy (non-hydrogen) atoms. The smallest absolute Gasteiger partial charge is 0.119 e. The Kier molecular flexibility index (Phi) is 5.87. The van der Waals surface area contributed by atoms with Gasteiger partial charge in [0.2, 0.25) is 0 Å². The van der Waals surface area contributed by atoms with Crippen LogP contribution >= 0.6 is 0 Å². The van der Waals surface area contributed by atoms with Gasteiger partial charge in [0.25, 0.3) is 0 Å². The quantitative estimate of drug-likeness (QED) is 0.799. The summed E-state index contributed by atoms with van der Waals surface area (Å²) in [5.41, 5.74) is 6.28. The monoisotopic (exact) mass is 274 g/mol. The van der Waals surface area contributed by atoms with E-state index >= 15 is 0 Å². The molecule has 1 aromatic rings. The summed E-state index contributed by atoms with van der Waals surface area (Å²) in [6, 6.07) is 7.71. The molecule has 108 valence electrons. The van der Waals surface area contributed by atoms with Gasteiger partial charge < -0.3 is 15.6 Å². The number of β-amino-alcohol motifs (C(OH)–C–C–N with tert-alkyl or cyclic N) is 1. The van der Waals surface area contributed by atoms with Crippen molar-refractivity contribution in [2.24, 2.45) is 5.73 Å². The fourth-order valence-electron chi connectivity index (χ4n) is 2.31. The number of nitrogens with zero attached hydrogens (tertiary/aromatic N) is 1. The van der Waals surface area contributed by atoms with Crippen molar-refractivity contribution >= 4 is 0 Å². The summed E-state index contributed by atoms with van der Waals surface area (Å²) in [5, 5.41) is 9.59. The Morgan fingerprint density at radius 3 is 2.85 bits per heavy atom. The van der Waals surface area contributed by atoms with Gasteiger partial charge >= 0.3 is 0 Å². The Bertz CT molecular complexity index is 462. The molecule has 0 aliphatic carbocycles. The SMILES string of the molecule is NCC#Cc1ccc(OCCN2CCCC(O)C2)cc1. The molecule has 1 fully saturated rings. The first kappa shape index (κ1) is 14.9. The maximum absolute atomic E-state index is 9.59. The van der Waals surface area contributed by atoms with Crippen LogP contribution in [0.5, 0.6) is 5.75 Å². The zero-order valence-electron chi connectivity index (χ0n) is 11.7. The molecule has 1 aliphatic rings. The Morgan fingerprint density at radius 2 is 2.15 bits per heavy atom. The minimum atomic E-state index is -0.177. The maximum Gasteiger partial charge on any atom is 0.119 e. The molecule has 3 N–H and O–H groups in total. The van der Waals surface area contributed by atoms with Gasteiger partial charge in [-0.15, -0.1) is 0 Å². The lowest BCUT2D eigenvalue weighted by molar-refractivity contribution is 0.0633. The molecule has 4 heteroatoms.